The summed E-state index contributed by atoms with van der Waals surface area (Å²) in [4.78, 5) is 19.6. The maximum Gasteiger partial charge on any atom is 0.254 e. The molecule has 1 aliphatic carbocycles. The lowest BCUT2D eigenvalue weighted by Gasteiger charge is -2.23. The summed E-state index contributed by atoms with van der Waals surface area (Å²) in [6, 6.07) is 29.2. The highest BCUT2D eigenvalue weighted by molar-refractivity contribution is 5.94. The van der Waals surface area contributed by atoms with Crippen molar-refractivity contribution in [2.45, 2.75) is 57.8 Å². The Kier molecular flexibility index (Phi) is 9.02. The van der Waals surface area contributed by atoms with Gasteiger partial charge in [0.2, 0.25) is 0 Å². The standard InChI is InChI=1S/C34H37N3O2/c1-39-33-19-17-31(18-20-33)34(38)37(25-28-6-5-21-35-22-28)24-27-11-15-30(16-12-27)29-13-9-26(10-14-29)23-36-32-7-3-2-4-8-32/h5-6,9-22,32,36H,2-4,7-8,23-25H2,1H3. The number of carbonyl (C=O) groups is 1. The number of benzene rings is 3. The van der Waals surface area contributed by atoms with Gasteiger partial charge < -0.3 is 15.0 Å². The number of hydrogen-bond donors (Lipinski definition) is 1. The summed E-state index contributed by atoms with van der Waals surface area (Å²) in [6.07, 6.45) is 10.2. The predicted molar refractivity (Wildman–Crippen MR) is 156 cm³/mol. The zero-order valence-corrected chi connectivity index (χ0v) is 22.7. The molecule has 5 rings (SSSR count). The van der Waals surface area contributed by atoms with Crippen molar-refractivity contribution >= 4 is 5.91 Å². The number of nitrogens with zero attached hydrogens (tertiary/aromatic N) is 2. The number of amides is 1. The fourth-order valence-corrected chi connectivity index (χ4v) is 5.23. The lowest BCUT2D eigenvalue weighted by Crippen LogP contribution is -2.30. The Morgan fingerprint density at radius 1 is 0.821 bits per heavy atom. The minimum Gasteiger partial charge on any atom is -0.497 e. The van der Waals surface area contributed by atoms with Crippen LogP contribution >= 0.6 is 0 Å². The number of methoxy groups -OCH3 is 1. The van der Waals surface area contributed by atoms with Crippen LogP contribution in [0.15, 0.2) is 97.3 Å². The number of nitrogens with one attached hydrogen (secondary N) is 1. The summed E-state index contributed by atoms with van der Waals surface area (Å²) in [5.41, 5.74) is 6.40. The molecule has 200 valence electrons. The molecular formula is C34H37N3O2. The number of rotatable bonds is 10. The van der Waals surface area contributed by atoms with E-state index in [4.69, 9.17) is 4.74 Å². The van der Waals surface area contributed by atoms with Gasteiger partial charge in [-0.05, 0) is 71.0 Å². The van der Waals surface area contributed by atoms with Crippen LogP contribution in [0.2, 0.25) is 0 Å². The Hall–Kier alpha value is -3.96. The number of aromatic nitrogens is 1. The zero-order valence-electron chi connectivity index (χ0n) is 22.7. The van der Waals surface area contributed by atoms with E-state index in [1.807, 2.05) is 47.5 Å². The molecule has 1 aromatic heterocycles. The van der Waals surface area contributed by atoms with Gasteiger partial charge in [0.05, 0.1) is 7.11 Å². The number of ether oxygens (including phenoxy) is 1. The van der Waals surface area contributed by atoms with Crippen LogP contribution in [0, 0.1) is 0 Å². The van der Waals surface area contributed by atoms with Crippen LogP contribution in [-0.2, 0) is 19.6 Å². The van der Waals surface area contributed by atoms with Gasteiger partial charge in [-0.1, -0.05) is 73.9 Å². The topological polar surface area (TPSA) is 54.5 Å². The number of carbonyl (C=O) groups excluding carboxylic acids is 1. The van der Waals surface area contributed by atoms with Crippen LogP contribution in [0.1, 0.15) is 59.2 Å². The summed E-state index contributed by atoms with van der Waals surface area (Å²) in [7, 11) is 1.62. The van der Waals surface area contributed by atoms with E-state index in [1.165, 1.54) is 48.8 Å². The van der Waals surface area contributed by atoms with Crippen molar-refractivity contribution in [1.29, 1.82) is 0 Å². The van der Waals surface area contributed by atoms with Crippen molar-refractivity contribution in [2.75, 3.05) is 7.11 Å². The highest BCUT2D eigenvalue weighted by Gasteiger charge is 2.17. The van der Waals surface area contributed by atoms with Crippen molar-refractivity contribution in [3.05, 3.63) is 120 Å². The third-order valence-corrected chi connectivity index (χ3v) is 7.54. The Morgan fingerprint density at radius 3 is 2.08 bits per heavy atom. The molecule has 3 aromatic carbocycles. The van der Waals surface area contributed by atoms with Gasteiger partial charge in [0.15, 0.2) is 0 Å². The van der Waals surface area contributed by atoms with Gasteiger partial charge in [0, 0.05) is 43.6 Å². The summed E-state index contributed by atoms with van der Waals surface area (Å²) >= 11 is 0. The first kappa shape index (κ1) is 26.6. The fraction of sp³-hybridized carbons (Fsp3) is 0.294. The third kappa shape index (κ3) is 7.33. The third-order valence-electron chi connectivity index (χ3n) is 7.54. The van der Waals surface area contributed by atoms with Crippen LogP contribution in [0.3, 0.4) is 0 Å². The van der Waals surface area contributed by atoms with Gasteiger partial charge in [-0.2, -0.15) is 0 Å². The van der Waals surface area contributed by atoms with Crippen LogP contribution in [-0.4, -0.2) is 28.9 Å². The maximum atomic E-state index is 13.5. The van der Waals surface area contributed by atoms with E-state index in [0.29, 0.717) is 24.7 Å². The van der Waals surface area contributed by atoms with E-state index < -0.39 is 0 Å². The van der Waals surface area contributed by atoms with E-state index in [9.17, 15) is 4.79 Å². The molecule has 0 atom stereocenters. The average Bonchev–Trinajstić information content (AvgIpc) is 3.01. The molecule has 0 aliphatic heterocycles. The molecule has 1 N–H and O–H groups in total. The highest BCUT2D eigenvalue weighted by Crippen LogP contribution is 2.23. The first-order chi connectivity index (χ1) is 19.2. The summed E-state index contributed by atoms with van der Waals surface area (Å²) in [5, 5.41) is 3.72. The molecule has 1 fully saturated rings. The normalized spacial score (nSPS) is 13.7. The predicted octanol–water partition coefficient (Wildman–Crippen LogP) is 7.02. The largest absolute Gasteiger partial charge is 0.497 e. The van der Waals surface area contributed by atoms with E-state index >= 15 is 0 Å². The second-order valence-electron chi connectivity index (χ2n) is 10.4. The SMILES string of the molecule is COc1ccc(C(=O)N(Cc2ccc(-c3ccc(CNC4CCCCC4)cc3)cc2)Cc2cccnc2)cc1. The second kappa shape index (κ2) is 13.2. The molecule has 1 heterocycles. The van der Waals surface area contributed by atoms with E-state index in [-0.39, 0.29) is 5.91 Å². The summed E-state index contributed by atoms with van der Waals surface area (Å²) < 4.78 is 5.26. The Bertz CT molecular complexity index is 1310. The fourth-order valence-electron chi connectivity index (χ4n) is 5.23. The molecule has 39 heavy (non-hydrogen) atoms. The van der Waals surface area contributed by atoms with Crippen LogP contribution in [0.25, 0.3) is 11.1 Å². The molecule has 4 aromatic rings. The van der Waals surface area contributed by atoms with E-state index in [2.05, 4.69) is 58.8 Å². The van der Waals surface area contributed by atoms with Gasteiger partial charge >= 0.3 is 0 Å². The molecule has 0 radical (unpaired) electrons. The molecule has 5 heteroatoms. The average molecular weight is 520 g/mol. The van der Waals surface area contributed by atoms with Gasteiger partial charge in [-0.25, -0.2) is 0 Å². The van der Waals surface area contributed by atoms with Crippen molar-refractivity contribution < 1.29 is 9.53 Å². The van der Waals surface area contributed by atoms with Gasteiger partial charge in [-0.15, -0.1) is 0 Å². The quantitative estimate of drug-likeness (QED) is 0.245. The number of pyridine rings is 1. The summed E-state index contributed by atoms with van der Waals surface area (Å²) in [6.45, 7) is 1.92. The molecule has 1 amide bonds. The molecule has 0 unspecified atom stereocenters. The minimum absolute atomic E-state index is 0.0250. The highest BCUT2D eigenvalue weighted by atomic mass is 16.5. The van der Waals surface area contributed by atoms with E-state index in [0.717, 1.165) is 23.4 Å². The molecule has 0 bridgehead atoms. The van der Waals surface area contributed by atoms with Crippen molar-refractivity contribution in [1.82, 2.24) is 15.2 Å². The molecule has 5 nitrogen and oxygen atoms in total. The molecule has 1 saturated carbocycles. The Balaban J connectivity index is 1.25. The minimum atomic E-state index is -0.0250. The monoisotopic (exact) mass is 519 g/mol. The zero-order chi connectivity index (χ0) is 26.9. The van der Waals surface area contributed by atoms with Crippen molar-refractivity contribution in [3.8, 4) is 16.9 Å². The molecule has 0 saturated heterocycles. The smallest absolute Gasteiger partial charge is 0.254 e. The van der Waals surface area contributed by atoms with Gasteiger partial charge in [-0.3, -0.25) is 9.78 Å². The Labute approximate surface area is 231 Å². The first-order valence-electron chi connectivity index (χ1n) is 13.9. The number of hydrogen-bond acceptors (Lipinski definition) is 4. The first-order valence-corrected chi connectivity index (χ1v) is 13.9. The van der Waals surface area contributed by atoms with Crippen LogP contribution in [0.4, 0.5) is 0 Å². The Morgan fingerprint density at radius 2 is 1.46 bits per heavy atom. The maximum absolute atomic E-state index is 13.5. The van der Waals surface area contributed by atoms with Gasteiger partial charge in [0.25, 0.3) is 5.91 Å². The van der Waals surface area contributed by atoms with Crippen molar-refractivity contribution in [2.24, 2.45) is 0 Å². The van der Waals surface area contributed by atoms with Crippen LogP contribution in [0.5, 0.6) is 5.75 Å². The lowest BCUT2D eigenvalue weighted by molar-refractivity contribution is 0.0730. The van der Waals surface area contributed by atoms with Crippen molar-refractivity contribution in [3.63, 3.8) is 0 Å². The van der Waals surface area contributed by atoms with E-state index in [1.54, 1.807) is 13.3 Å². The van der Waals surface area contributed by atoms with Crippen LogP contribution < -0.4 is 10.1 Å². The lowest BCUT2D eigenvalue weighted by atomic mass is 9.95. The molecular weight excluding hydrogens is 482 g/mol. The molecule has 1 aliphatic rings. The second-order valence-corrected chi connectivity index (χ2v) is 10.4. The van der Waals surface area contributed by atoms with Gasteiger partial charge in [0.1, 0.15) is 5.75 Å². The summed E-state index contributed by atoms with van der Waals surface area (Å²) in [5.74, 6) is 0.706. The molecule has 0 spiro atoms.